The van der Waals surface area contributed by atoms with Gasteiger partial charge in [0.15, 0.2) is 11.2 Å². The Labute approximate surface area is 203 Å². The van der Waals surface area contributed by atoms with Gasteiger partial charge in [0.2, 0.25) is 5.56 Å². The number of carboxylic acid groups (broad SMARTS) is 1. The molecule has 180 valence electrons. The number of hydrogen-bond donors (Lipinski definition) is 3. The summed E-state index contributed by atoms with van der Waals surface area (Å²) >= 11 is 1.41. The number of aromatic nitrogens is 4. The van der Waals surface area contributed by atoms with Gasteiger partial charge in [-0.2, -0.15) is 0 Å². The number of hydrogen-bond acceptors (Lipinski definition) is 7. The number of nitrogens with zero attached hydrogens (tertiary/aromatic N) is 3. The molecule has 2 aromatic carbocycles. The number of aromatic carboxylic acids is 1. The summed E-state index contributed by atoms with van der Waals surface area (Å²) in [6.07, 6.45) is 0. The quantitative estimate of drug-likeness (QED) is 0.358. The van der Waals surface area contributed by atoms with Gasteiger partial charge in [0, 0.05) is 6.54 Å². The average molecular weight is 494 g/mol. The summed E-state index contributed by atoms with van der Waals surface area (Å²) in [4.78, 5) is 43.7. The van der Waals surface area contributed by atoms with Crippen molar-refractivity contribution in [3.63, 3.8) is 0 Å². The minimum absolute atomic E-state index is 0.170. The molecule has 11 heteroatoms. The number of ether oxygens (including phenoxy) is 1. The SMILES string of the molecule is CCn1c(CSC2Nc3cc(C(=O)O)ccc3O2)nc2c1c(=O)[nH]c(=O)n2Cc1ccc(C)cc1. The number of carbonyl (C=O) groups is 1. The Hall–Kier alpha value is -3.99. The molecule has 2 aromatic heterocycles. The summed E-state index contributed by atoms with van der Waals surface area (Å²) in [6.45, 7) is 4.69. The number of thioether (sulfide) groups is 1. The van der Waals surface area contributed by atoms with E-state index in [-0.39, 0.29) is 12.1 Å². The van der Waals surface area contributed by atoms with Crippen LogP contribution in [0.15, 0.2) is 52.1 Å². The van der Waals surface area contributed by atoms with Crippen molar-refractivity contribution in [2.24, 2.45) is 0 Å². The third-order valence-corrected chi connectivity index (χ3v) is 6.78. The van der Waals surface area contributed by atoms with Crippen LogP contribution in [-0.2, 0) is 18.8 Å². The smallest absolute Gasteiger partial charge is 0.335 e. The number of anilines is 1. The van der Waals surface area contributed by atoms with Crippen LogP contribution in [0.25, 0.3) is 11.2 Å². The normalized spacial score (nSPS) is 14.5. The molecule has 1 aliphatic heterocycles. The van der Waals surface area contributed by atoms with Crippen molar-refractivity contribution < 1.29 is 14.6 Å². The van der Waals surface area contributed by atoms with Crippen LogP contribution in [0.1, 0.15) is 34.2 Å². The van der Waals surface area contributed by atoms with Gasteiger partial charge in [0.1, 0.15) is 11.6 Å². The zero-order valence-electron chi connectivity index (χ0n) is 19.1. The lowest BCUT2D eigenvalue weighted by Crippen LogP contribution is -2.31. The summed E-state index contributed by atoms with van der Waals surface area (Å²) in [6, 6.07) is 12.5. The summed E-state index contributed by atoms with van der Waals surface area (Å²) in [5.41, 5.74) is 2.08. The van der Waals surface area contributed by atoms with Crippen molar-refractivity contribution in [1.82, 2.24) is 19.1 Å². The van der Waals surface area contributed by atoms with Crippen LogP contribution >= 0.6 is 11.8 Å². The Morgan fingerprint density at radius 1 is 1.17 bits per heavy atom. The highest BCUT2D eigenvalue weighted by atomic mass is 32.2. The van der Waals surface area contributed by atoms with Gasteiger partial charge in [-0.05, 0) is 37.6 Å². The Kier molecular flexibility index (Phi) is 5.85. The van der Waals surface area contributed by atoms with Crippen molar-refractivity contribution in [1.29, 1.82) is 0 Å². The van der Waals surface area contributed by atoms with Gasteiger partial charge in [-0.1, -0.05) is 41.6 Å². The van der Waals surface area contributed by atoms with Crippen molar-refractivity contribution in [2.45, 2.75) is 38.2 Å². The van der Waals surface area contributed by atoms with Gasteiger partial charge in [0.25, 0.3) is 5.56 Å². The lowest BCUT2D eigenvalue weighted by molar-refractivity contribution is 0.0697. The summed E-state index contributed by atoms with van der Waals surface area (Å²) < 4.78 is 9.15. The molecular formula is C24H23N5O5S. The lowest BCUT2D eigenvalue weighted by Gasteiger charge is -2.11. The predicted octanol–water partition coefficient (Wildman–Crippen LogP) is 2.98. The van der Waals surface area contributed by atoms with Gasteiger partial charge in [-0.25, -0.2) is 14.6 Å². The van der Waals surface area contributed by atoms with E-state index in [1.165, 1.54) is 28.5 Å². The zero-order valence-corrected chi connectivity index (χ0v) is 19.9. The van der Waals surface area contributed by atoms with E-state index in [9.17, 15) is 19.5 Å². The van der Waals surface area contributed by atoms with Crippen molar-refractivity contribution in [2.75, 3.05) is 5.32 Å². The third-order valence-electron chi connectivity index (χ3n) is 5.84. The maximum absolute atomic E-state index is 12.7. The number of aryl methyl sites for hydroxylation is 2. The largest absolute Gasteiger partial charge is 0.478 e. The van der Waals surface area contributed by atoms with Gasteiger partial charge in [-0.3, -0.25) is 14.3 Å². The molecule has 35 heavy (non-hydrogen) atoms. The van der Waals surface area contributed by atoms with Crippen LogP contribution < -0.4 is 21.3 Å². The van der Waals surface area contributed by atoms with E-state index < -0.39 is 22.8 Å². The molecule has 0 saturated carbocycles. The Morgan fingerprint density at radius 2 is 1.94 bits per heavy atom. The predicted molar refractivity (Wildman–Crippen MR) is 133 cm³/mol. The molecule has 10 nitrogen and oxygen atoms in total. The average Bonchev–Trinajstić information content (AvgIpc) is 3.42. The first-order valence-electron chi connectivity index (χ1n) is 11.0. The molecule has 1 aliphatic rings. The summed E-state index contributed by atoms with van der Waals surface area (Å²) in [5.74, 6) is 0.593. The molecular weight excluding hydrogens is 470 g/mol. The van der Waals surface area contributed by atoms with E-state index in [2.05, 4.69) is 10.3 Å². The fourth-order valence-corrected chi connectivity index (χ4v) is 4.97. The van der Waals surface area contributed by atoms with Crippen LogP contribution in [0.5, 0.6) is 5.75 Å². The maximum atomic E-state index is 12.7. The second kappa shape index (κ2) is 8.99. The van der Waals surface area contributed by atoms with E-state index >= 15 is 0 Å². The van der Waals surface area contributed by atoms with Gasteiger partial charge in [0.05, 0.1) is 23.5 Å². The van der Waals surface area contributed by atoms with E-state index in [0.717, 1.165) is 11.1 Å². The number of carboxylic acids is 1. The molecule has 0 saturated heterocycles. The van der Waals surface area contributed by atoms with Crippen LogP contribution in [-0.4, -0.2) is 35.7 Å². The number of fused-ring (bicyclic) bond motifs is 2. The number of nitrogens with one attached hydrogen (secondary N) is 2. The third kappa shape index (κ3) is 4.30. The minimum Gasteiger partial charge on any atom is -0.478 e. The first-order chi connectivity index (χ1) is 16.8. The highest BCUT2D eigenvalue weighted by Crippen LogP contribution is 2.37. The number of H-pyrrole nitrogens is 1. The summed E-state index contributed by atoms with van der Waals surface area (Å²) in [5, 5.41) is 12.4. The van der Waals surface area contributed by atoms with Crippen molar-refractivity contribution in [3.05, 3.63) is 85.8 Å². The van der Waals surface area contributed by atoms with E-state index in [1.54, 1.807) is 10.6 Å². The first kappa shape index (κ1) is 22.8. The van der Waals surface area contributed by atoms with Crippen LogP contribution in [0, 0.1) is 6.92 Å². The second-order valence-electron chi connectivity index (χ2n) is 8.20. The number of imidazole rings is 1. The van der Waals surface area contributed by atoms with Crippen LogP contribution in [0.3, 0.4) is 0 Å². The monoisotopic (exact) mass is 493 g/mol. The molecule has 0 spiro atoms. The van der Waals surface area contributed by atoms with E-state index in [4.69, 9.17) is 9.72 Å². The molecule has 0 bridgehead atoms. The maximum Gasteiger partial charge on any atom is 0.335 e. The molecule has 5 rings (SSSR count). The van der Waals surface area contributed by atoms with E-state index in [0.29, 0.717) is 40.7 Å². The molecule has 3 N–H and O–H groups in total. The van der Waals surface area contributed by atoms with Gasteiger partial charge >= 0.3 is 11.7 Å². The van der Waals surface area contributed by atoms with Crippen LogP contribution in [0.4, 0.5) is 5.69 Å². The molecule has 3 heterocycles. The Balaban J connectivity index is 1.43. The van der Waals surface area contributed by atoms with Gasteiger partial charge in [-0.15, -0.1) is 0 Å². The van der Waals surface area contributed by atoms with Crippen LogP contribution in [0.2, 0.25) is 0 Å². The Morgan fingerprint density at radius 3 is 2.66 bits per heavy atom. The topological polar surface area (TPSA) is 131 Å². The minimum atomic E-state index is -1.01. The molecule has 1 unspecified atom stereocenters. The summed E-state index contributed by atoms with van der Waals surface area (Å²) in [7, 11) is 0. The van der Waals surface area contributed by atoms with Crippen molar-refractivity contribution >= 4 is 34.6 Å². The highest BCUT2D eigenvalue weighted by molar-refractivity contribution is 7.99. The lowest BCUT2D eigenvalue weighted by atomic mass is 10.1. The second-order valence-corrected chi connectivity index (χ2v) is 9.25. The molecule has 1 atom stereocenters. The fraction of sp³-hybridized carbons (Fsp3) is 0.250. The Bertz CT molecular complexity index is 1550. The number of benzene rings is 2. The molecule has 4 aromatic rings. The first-order valence-corrected chi connectivity index (χ1v) is 12.1. The fourth-order valence-electron chi connectivity index (χ4n) is 4.07. The van der Waals surface area contributed by atoms with E-state index in [1.807, 2.05) is 38.1 Å². The van der Waals surface area contributed by atoms with Gasteiger partial charge < -0.3 is 19.7 Å². The standard InChI is InChI=1S/C24H23N5O5S/c1-3-28-18(12-35-24-25-16-10-15(22(31)32)8-9-17(16)34-24)26-20-19(28)21(30)27-23(33)29(20)11-14-6-4-13(2)5-7-14/h4-10,24-25H,3,11-12H2,1-2H3,(H,31,32)(H,27,30,33). The van der Waals surface area contributed by atoms with Crippen molar-refractivity contribution in [3.8, 4) is 5.75 Å². The molecule has 0 aliphatic carbocycles. The molecule has 0 radical (unpaired) electrons. The number of rotatable bonds is 7. The zero-order chi connectivity index (χ0) is 24.7. The molecule has 0 amide bonds. The highest BCUT2D eigenvalue weighted by Gasteiger charge is 2.25. The number of aromatic amines is 1. The molecule has 0 fully saturated rings.